The summed E-state index contributed by atoms with van der Waals surface area (Å²) in [5.41, 5.74) is 1.90. The van der Waals surface area contributed by atoms with Crippen molar-refractivity contribution < 1.29 is 19.4 Å². The van der Waals surface area contributed by atoms with Gasteiger partial charge in [0.15, 0.2) is 5.69 Å². The van der Waals surface area contributed by atoms with Gasteiger partial charge in [-0.15, -0.1) is 11.3 Å². The van der Waals surface area contributed by atoms with Crippen molar-refractivity contribution in [3.63, 3.8) is 0 Å². The molecule has 0 saturated heterocycles. The second-order valence-corrected chi connectivity index (χ2v) is 5.94. The van der Waals surface area contributed by atoms with Crippen LogP contribution in [0.1, 0.15) is 20.8 Å². The molecule has 1 aromatic heterocycles. The van der Waals surface area contributed by atoms with Crippen LogP contribution in [0.25, 0.3) is 21.0 Å². The van der Waals surface area contributed by atoms with Gasteiger partial charge in [0, 0.05) is 5.56 Å². The molecule has 0 radical (unpaired) electrons. The molecule has 1 heterocycles. The number of esters is 1. The first-order chi connectivity index (χ1) is 11.6. The fraction of sp³-hybridized carbons (Fsp3) is 0.0556. The van der Waals surface area contributed by atoms with E-state index >= 15 is 0 Å². The summed E-state index contributed by atoms with van der Waals surface area (Å²) in [4.78, 5) is 28.3. The van der Waals surface area contributed by atoms with Gasteiger partial charge in [-0.25, -0.2) is 14.6 Å². The Bertz CT molecular complexity index is 902. The molecule has 0 aliphatic heterocycles. The molecule has 24 heavy (non-hydrogen) atoms. The zero-order valence-electron chi connectivity index (χ0n) is 12.7. The Kier molecular flexibility index (Phi) is 4.39. The molecule has 0 spiro atoms. The molecule has 3 rings (SSSR count). The summed E-state index contributed by atoms with van der Waals surface area (Å²) in [6.07, 6.45) is 0. The summed E-state index contributed by atoms with van der Waals surface area (Å²) in [7, 11) is 1.31. The fourth-order valence-corrected chi connectivity index (χ4v) is 3.30. The maximum absolute atomic E-state index is 12.1. The fourth-order valence-electron chi connectivity index (χ4n) is 2.25. The van der Waals surface area contributed by atoms with Crippen LogP contribution in [0.15, 0.2) is 54.6 Å². The van der Waals surface area contributed by atoms with Gasteiger partial charge in [0.05, 0.1) is 17.6 Å². The van der Waals surface area contributed by atoms with Gasteiger partial charge in [0.2, 0.25) is 0 Å². The lowest BCUT2D eigenvalue weighted by atomic mass is 10.1. The van der Waals surface area contributed by atoms with Crippen molar-refractivity contribution >= 4 is 23.3 Å². The Morgan fingerprint density at radius 1 is 1.04 bits per heavy atom. The van der Waals surface area contributed by atoms with E-state index in [1.54, 1.807) is 12.1 Å². The number of aromatic nitrogens is 1. The Balaban J connectivity index is 2.14. The molecular formula is C18H13NO4S. The van der Waals surface area contributed by atoms with Gasteiger partial charge in [-0.05, 0) is 17.7 Å². The third-order valence-electron chi connectivity index (χ3n) is 3.40. The highest BCUT2D eigenvalue weighted by Gasteiger charge is 2.21. The highest BCUT2D eigenvalue weighted by molar-refractivity contribution is 7.18. The number of carbonyl (C=O) groups is 2. The van der Waals surface area contributed by atoms with Gasteiger partial charge in [0.25, 0.3) is 0 Å². The van der Waals surface area contributed by atoms with Crippen molar-refractivity contribution in [2.45, 2.75) is 0 Å². The van der Waals surface area contributed by atoms with Crippen LogP contribution >= 0.6 is 11.3 Å². The Labute approximate surface area is 142 Å². The number of rotatable bonds is 4. The van der Waals surface area contributed by atoms with Crippen molar-refractivity contribution in [3.8, 4) is 21.0 Å². The van der Waals surface area contributed by atoms with E-state index in [2.05, 4.69) is 4.98 Å². The molecular weight excluding hydrogens is 326 g/mol. The highest BCUT2D eigenvalue weighted by Crippen LogP contribution is 2.36. The normalized spacial score (nSPS) is 10.4. The predicted molar refractivity (Wildman–Crippen MR) is 91.3 cm³/mol. The highest BCUT2D eigenvalue weighted by atomic mass is 32.1. The van der Waals surface area contributed by atoms with Crippen LogP contribution in [0.3, 0.4) is 0 Å². The van der Waals surface area contributed by atoms with Crippen LogP contribution in [-0.4, -0.2) is 29.1 Å². The number of carboxylic acids is 1. The second kappa shape index (κ2) is 6.64. The molecule has 0 unspecified atom stereocenters. The molecule has 1 N–H and O–H groups in total. The maximum atomic E-state index is 12.1. The van der Waals surface area contributed by atoms with Crippen LogP contribution in [-0.2, 0) is 4.74 Å². The molecule has 2 aromatic carbocycles. The minimum absolute atomic E-state index is 0.170. The Morgan fingerprint density at radius 2 is 1.75 bits per heavy atom. The van der Waals surface area contributed by atoms with Gasteiger partial charge >= 0.3 is 11.9 Å². The van der Waals surface area contributed by atoms with Crippen LogP contribution in [0.2, 0.25) is 0 Å². The summed E-state index contributed by atoms with van der Waals surface area (Å²) < 4.78 is 4.82. The molecule has 0 bridgehead atoms. The predicted octanol–water partition coefficient (Wildman–Crippen LogP) is 3.96. The standard InChI is InChI=1S/C18H13NO4S/c1-23-18(22)14-15(11-6-3-2-4-7-11)24-16(19-14)12-8-5-9-13(10-12)17(20)21/h2-10H,1H3,(H,20,21). The second-order valence-electron chi connectivity index (χ2n) is 4.94. The largest absolute Gasteiger partial charge is 0.478 e. The molecule has 0 amide bonds. The van der Waals surface area contributed by atoms with Gasteiger partial charge in [-0.3, -0.25) is 0 Å². The quantitative estimate of drug-likeness (QED) is 0.728. The molecule has 0 aliphatic carbocycles. The van der Waals surface area contributed by atoms with Crippen molar-refractivity contribution in [2.75, 3.05) is 7.11 Å². The van der Waals surface area contributed by atoms with Gasteiger partial charge in [0.1, 0.15) is 5.01 Å². The summed E-state index contributed by atoms with van der Waals surface area (Å²) in [5.74, 6) is -1.53. The third-order valence-corrected chi connectivity index (χ3v) is 4.55. The van der Waals surface area contributed by atoms with Crippen molar-refractivity contribution in [1.29, 1.82) is 0 Å². The topological polar surface area (TPSA) is 76.5 Å². The summed E-state index contributed by atoms with van der Waals surface area (Å²) in [5, 5.41) is 9.70. The van der Waals surface area contributed by atoms with Crippen LogP contribution in [0.5, 0.6) is 0 Å². The molecule has 6 heteroatoms. The maximum Gasteiger partial charge on any atom is 0.358 e. The number of hydrogen-bond donors (Lipinski definition) is 1. The lowest BCUT2D eigenvalue weighted by Crippen LogP contribution is -2.03. The molecule has 0 aliphatic rings. The summed E-state index contributed by atoms with van der Waals surface area (Å²) in [6.45, 7) is 0. The Hall–Kier alpha value is -2.99. The van der Waals surface area contributed by atoms with E-state index in [9.17, 15) is 9.59 Å². The minimum Gasteiger partial charge on any atom is -0.478 e. The number of carboxylic acid groups (broad SMARTS) is 1. The molecule has 0 saturated carbocycles. The monoisotopic (exact) mass is 339 g/mol. The first-order valence-corrected chi connectivity index (χ1v) is 7.90. The van der Waals surface area contributed by atoms with E-state index in [4.69, 9.17) is 9.84 Å². The average Bonchev–Trinajstić information content (AvgIpc) is 3.07. The molecule has 0 fully saturated rings. The van der Waals surface area contributed by atoms with E-state index in [1.165, 1.54) is 30.6 Å². The van der Waals surface area contributed by atoms with Gasteiger partial charge < -0.3 is 9.84 Å². The SMILES string of the molecule is COC(=O)c1nc(-c2cccc(C(=O)O)c2)sc1-c1ccccc1. The molecule has 3 aromatic rings. The van der Waals surface area contributed by atoms with E-state index in [1.807, 2.05) is 30.3 Å². The number of nitrogens with zero attached hydrogens (tertiary/aromatic N) is 1. The van der Waals surface area contributed by atoms with Crippen LogP contribution in [0.4, 0.5) is 0 Å². The number of ether oxygens (including phenoxy) is 1. The Morgan fingerprint density at radius 3 is 2.42 bits per heavy atom. The minimum atomic E-state index is -1.01. The lowest BCUT2D eigenvalue weighted by molar-refractivity contribution is 0.0595. The first kappa shape index (κ1) is 15.9. The van der Waals surface area contributed by atoms with Crippen LogP contribution in [0, 0.1) is 0 Å². The van der Waals surface area contributed by atoms with E-state index < -0.39 is 11.9 Å². The zero-order valence-corrected chi connectivity index (χ0v) is 13.5. The van der Waals surface area contributed by atoms with E-state index in [0.29, 0.717) is 15.4 Å². The van der Waals surface area contributed by atoms with Gasteiger partial charge in [-0.1, -0.05) is 42.5 Å². The van der Waals surface area contributed by atoms with Crippen molar-refractivity contribution in [3.05, 3.63) is 65.9 Å². The summed E-state index contributed by atoms with van der Waals surface area (Å²) in [6, 6.07) is 15.9. The molecule has 0 atom stereocenters. The number of methoxy groups -OCH3 is 1. The van der Waals surface area contributed by atoms with Crippen LogP contribution < -0.4 is 0 Å². The number of carbonyl (C=O) groups excluding carboxylic acids is 1. The smallest absolute Gasteiger partial charge is 0.358 e. The lowest BCUT2D eigenvalue weighted by Gasteiger charge is -1.99. The van der Waals surface area contributed by atoms with Crippen molar-refractivity contribution in [2.24, 2.45) is 0 Å². The van der Waals surface area contributed by atoms with E-state index in [0.717, 1.165) is 5.56 Å². The third kappa shape index (κ3) is 3.04. The number of thiazole rings is 1. The number of benzene rings is 2. The molecule has 5 nitrogen and oxygen atoms in total. The first-order valence-electron chi connectivity index (χ1n) is 7.08. The average molecular weight is 339 g/mol. The van der Waals surface area contributed by atoms with Gasteiger partial charge in [-0.2, -0.15) is 0 Å². The van der Waals surface area contributed by atoms with E-state index in [-0.39, 0.29) is 11.3 Å². The zero-order chi connectivity index (χ0) is 17.1. The summed E-state index contributed by atoms with van der Waals surface area (Å²) >= 11 is 1.32. The molecule has 120 valence electrons. The number of hydrogen-bond acceptors (Lipinski definition) is 5. The number of aromatic carboxylic acids is 1. The van der Waals surface area contributed by atoms with Crippen molar-refractivity contribution in [1.82, 2.24) is 4.98 Å².